The molecule has 2 rings (SSSR count). The Morgan fingerprint density at radius 3 is 2.32 bits per heavy atom. The topological polar surface area (TPSA) is 49.3 Å². The Hall–Kier alpha value is -0.280. The van der Waals surface area contributed by atoms with Crippen LogP contribution < -0.4 is 5.32 Å². The minimum atomic E-state index is -0.625. The Balaban J connectivity index is 0.00000180. The number of aliphatic carboxylic acids is 1. The molecule has 0 bridgehead atoms. The second-order valence-electron chi connectivity index (χ2n) is 6.41. The first-order valence-electron chi connectivity index (χ1n) is 7.63. The van der Waals surface area contributed by atoms with Gasteiger partial charge in [0.1, 0.15) is 0 Å². The molecule has 19 heavy (non-hydrogen) atoms. The molecule has 0 aromatic rings. The highest BCUT2D eigenvalue weighted by Gasteiger charge is 2.34. The molecule has 2 N–H and O–H groups in total. The van der Waals surface area contributed by atoms with Crippen molar-refractivity contribution in [3.05, 3.63) is 0 Å². The molecule has 0 aromatic carbocycles. The number of hydrogen-bond acceptors (Lipinski definition) is 2. The fraction of sp³-hybridized carbons (Fsp3) is 0.933. The molecule has 112 valence electrons. The Morgan fingerprint density at radius 1 is 1.11 bits per heavy atom. The third-order valence-corrected chi connectivity index (χ3v) is 4.85. The third-order valence-electron chi connectivity index (χ3n) is 4.85. The van der Waals surface area contributed by atoms with Crippen molar-refractivity contribution in [2.45, 2.75) is 64.2 Å². The van der Waals surface area contributed by atoms with Gasteiger partial charge in [0, 0.05) is 6.54 Å². The van der Waals surface area contributed by atoms with E-state index in [9.17, 15) is 4.79 Å². The van der Waals surface area contributed by atoms with Crippen molar-refractivity contribution in [3.63, 3.8) is 0 Å². The van der Waals surface area contributed by atoms with Crippen LogP contribution in [0.4, 0.5) is 0 Å². The van der Waals surface area contributed by atoms with E-state index in [1.807, 2.05) is 0 Å². The molecule has 0 aromatic heterocycles. The van der Waals surface area contributed by atoms with Crippen LogP contribution >= 0.6 is 12.4 Å². The molecular weight excluding hydrogens is 262 g/mol. The summed E-state index contributed by atoms with van der Waals surface area (Å²) < 4.78 is 0. The maximum Gasteiger partial charge on any atom is 0.303 e. The summed E-state index contributed by atoms with van der Waals surface area (Å²) in [6.07, 6.45) is 11.7. The molecular formula is C15H28ClNO2. The normalized spacial score (nSPS) is 22.9. The minimum absolute atomic E-state index is 0. The summed E-state index contributed by atoms with van der Waals surface area (Å²) in [6, 6.07) is 0. The van der Waals surface area contributed by atoms with Gasteiger partial charge in [0.2, 0.25) is 0 Å². The zero-order chi connectivity index (χ0) is 12.8. The van der Waals surface area contributed by atoms with Crippen LogP contribution in [0.25, 0.3) is 0 Å². The summed E-state index contributed by atoms with van der Waals surface area (Å²) >= 11 is 0. The molecule has 2 aliphatic rings. The summed E-state index contributed by atoms with van der Waals surface area (Å²) in [4.78, 5) is 11.1. The number of nitrogens with one attached hydrogen (secondary N) is 1. The number of carboxylic acids is 1. The van der Waals surface area contributed by atoms with E-state index < -0.39 is 5.97 Å². The molecule has 0 spiro atoms. The summed E-state index contributed by atoms with van der Waals surface area (Å²) in [5.41, 5.74) is 0.0443. The largest absolute Gasteiger partial charge is 0.481 e. The quantitative estimate of drug-likeness (QED) is 0.785. The summed E-state index contributed by atoms with van der Waals surface area (Å²) in [6.45, 7) is 2.01. The van der Waals surface area contributed by atoms with Crippen LogP contribution in [0.5, 0.6) is 0 Å². The second-order valence-corrected chi connectivity index (χ2v) is 6.41. The predicted octanol–water partition coefficient (Wildman–Crippen LogP) is 3.61. The maximum atomic E-state index is 11.1. The Bertz CT molecular complexity index is 271. The molecule has 0 unspecified atom stereocenters. The fourth-order valence-electron chi connectivity index (χ4n) is 3.79. The van der Waals surface area contributed by atoms with Crippen molar-refractivity contribution in [2.24, 2.45) is 11.3 Å². The molecule has 0 heterocycles. The minimum Gasteiger partial charge on any atom is -0.481 e. The van der Waals surface area contributed by atoms with Crippen LogP contribution in [0.3, 0.4) is 0 Å². The Kier molecular flexibility index (Phi) is 7.16. The van der Waals surface area contributed by atoms with Gasteiger partial charge in [0.25, 0.3) is 0 Å². The molecule has 4 heteroatoms. The van der Waals surface area contributed by atoms with Gasteiger partial charge in [-0.25, -0.2) is 0 Å². The van der Waals surface area contributed by atoms with Gasteiger partial charge in [0.15, 0.2) is 0 Å². The SMILES string of the molecule is Cl.O=C(O)CC1(CNCC2CCCC2)CCCCC1. The van der Waals surface area contributed by atoms with Crippen molar-refractivity contribution >= 4 is 18.4 Å². The van der Waals surface area contributed by atoms with Crippen molar-refractivity contribution in [2.75, 3.05) is 13.1 Å². The molecule has 0 aliphatic heterocycles. The van der Waals surface area contributed by atoms with Gasteiger partial charge < -0.3 is 10.4 Å². The van der Waals surface area contributed by atoms with E-state index in [-0.39, 0.29) is 17.8 Å². The first kappa shape index (κ1) is 16.8. The third kappa shape index (κ3) is 5.31. The monoisotopic (exact) mass is 289 g/mol. The zero-order valence-corrected chi connectivity index (χ0v) is 12.6. The Morgan fingerprint density at radius 2 is 1.74 bits per heavy atom. The maximum absolute atomic E-state index is 11.1. The average Bonchev–Trinajstić information content (AvgIpc) is 2.82. The van der Waals surface area contributed by atoms with Gasteiger partial charge in [-0.15, -0.1) is 12.4 Å². The molecule has 0 saturated heterocycles. The summed E-state index contributed by atoms with van der Waals surface area (Å²) in [7, 11) is 0. The number of carboxylic acid groups (broad SMARTS) is 1. The smallest absolute Gasteiger partial charge is 0.303 e. The lowest BCUT2D eigenvalue weighted by Crippen LogP contribution is -2.39. The standard InChI is InChI=1S/C15H27NO2.ClH/c17-14(18)10-15(8-4-1-5-9-15)12-16-11-13-6-2-3-7-13;/h13,16H,1-12H2,(H,17,18);1H. The highest BCUT2D eigenvalue weighted by molar-refractivity contribution is 5.85. The molecule has 2 aliphatic carbocycles. The van der Waals surface area contributed by atoms with Gasteiger partial charge in [-0.05, 0) is 43.6 Å². The van der Waals surface area contributed by atoms with E-state index in [0.717, 1.165) is 31.8 Å². The van der Waals surface area contributed by atoms with Gasteiger partial charge in [-0.3, -0.25) is 4.79 Å². The van der Waals surface area contributed by atoms with Crippen molar-refractivity contribution in [3.8, 4) is 0 Å². The van der Waals surface area contributed by atoms with E-state index in [2.05, 4.69) is 5.32 Å². The lowest BCUT2D eigenvalue weighted by atomic mass is 9.71. The lowest BCUT2D eigenvalue weighted by Gasteiger charge is -2.36. The molecule has 0 radical (unpaired) electrons. The Labute approximate surface area is 122 Å². The highest BCUT2D eigenvalue weighted by atomic mass is 35.5. The van der Waals surface area contributed by atoms with Crippen LogP contribution in [0.1, 0.15) is 64.2 Å². The van der Waals surface area contributed by atoms with Gasteiger partial charge in [-0.2, -0.15) is 0 Å². The number of rotatable bonds is 6. The van der Waals surface area contributed by atoms with Gasteiger partial charge >= 0.3 is 5.97 Å². The molecule has 0 amide bonds. The number of carbonyl (C=O) groups is 1. The first-order valence-corrected chi connectivity index (χ1v) is 7.63. The fourth-order valence-corrected chi connectivity index (χ4v) is 3.79. The van der Waals surface area contributed by atoms with E-state index in [1.165, 1.54) is 44.9 Å². The lowest BCUT2D eigenvalue weighted by molar-refractivity contribution is -0.140. The number of hydrogen-bond donors (Lipinski definition) is 2. The average molecular weight is 290 g/mol. The van der Waals surface area contributed by atoms with Gasteiger partial charge in [-0.1, -0.05) is 32.1 Å². The number of halogens is 1. The first-order chi connectivity index (χ1) is 8.70. The summed E-state index contributed by atoms with van der Waals surface area (Å²) in [5, 5.41) is 12.7. The zero-order valence-electron chi connectivity index (χ0n) is 11.8. The highest BCUT2D eigenvalue weighted by Crippen LogP contribution is 2.39. The van der Waals surface area contributed by atoms with Crippen LogP contribution in [-0.4, -0.2) is 24.2 Å². The molecule has 3 nitrogen and oxygen atoms in total. The van der Waals surface area contributed by atoms with E-state index in [4.69, 9.17) is 5.11 Å². The van der Waals surface area contributed by atoms with Crippen LogP contribution in [0.15, 0.2) is 0 Å². The van der Waals surface area contributed by atoms with E-state index in [1.54, 1.807) is 0 Å². The second kappa shape index (κ2) is 8.11. The van der Waals surface area contributed by atoms with E-state index >= 15 is 0 Å². The summed E-state index contributed by atoms with van der Waals surface area (Å²) in [5.74, 6) is 0.218. The van der Waals surface area contributed by atoms with Crippen LogP contribution in [0.2, 0.25) is 0 Å². The van der Waals surface area contributed by atoms with Crippen molar-refractivity contribution < 1.29 is 9.90 Å². The van der Waals surface area contributed by atoms with Crippen molar-refractivity contribution in [1.29, 1.82) is 0 Å². The van der Waals surface area contributed by atoms with E-state index in [0.29, 0.717) is 6.42 Å². The van der Waals surface area contributed by atoms with Gasteiger partial charge in [0.05, 0.1) is 6.42 Å². The molecule has 2 saturated carbocycles. The van der Waals surface area contributed by atoms with Crippen LogP contribution in [0, 0.1) is 11.3 Å². The van der Waals surface area contributed by atoms with Crippen LogP contribution in [-0.2, 0) is 4.79 Å². The molecule has 2 fully saturated rings. The molecule has 0 atom stereocenters. The van der Waals surface area contributed by atoms with Crippen molar-refractivity contribution in [1.82, 2.24) is 5.32 Å². The predicted molar refractivity (Wildman–Crippen MR) is 79.8 cm³/mol.